The number of rotatable bonds is 13. The molecule has 0 radical (unpaired) electrons. The van der Waals surface area contributed by atoms with E-state index in [1.54, 1.807) is 6.92 Å². The molecule has 0 saturated heterocycles. The Kier molecular flexibility index (Phi) is 14.8. The zero-order valence-corrected chi connectivity index (χ0v) is 17.9. The van der Waals surface area contributed by atoms with Crippen molar-refractivity contribution in [2.24, 2.45) is 0 Å². The van der Waals surface area contributed by atoms with Gasteiger partial charge >= 0.3 is 29.6 Å². The van der Waals surface area contributed by atoms with Crippen molar-refractivity contribution < 1.29 is 61.7 Å². The maximum absolute atomic E-state index is 10.9. The topological polar surface area (TPSA) is 118 Å². The number of ether oxygens (including phenoxy) is 1. The minimum atomic E-state index is -4.38. The average molecular weight is 384 g/mol. The predicted molar refractivity (Wildman–Crippen MR) is 86.3 cm³/mol. The first-order chi connectivity index (χ1) is 10.0. The first kappa shape index (κ1) is 26.0. The summed E-state index contributed by atoms with van der Waals surface area (Å²) in [5.41, 5.74) is 0. The maximum atomic E-state index is 10.9. The second kappa shape index (κ2) is 13.0. The van der Waals surface area contributed by atoms with E-state index in [1.807, 2.05) is 0 Å². The van der Waals surface area contributed by atoms with Gasteiger partial charge in [0.1, 0.15) is 11.5 Å². The van der Waals surface area contributed by atoms with Gasteiger partial charge in [0.25, 0.3) is 20.2 Å². The first-order valence-corrected chi connectivity index (χ1v) is 10.8. The van der Waals surface area contributed by atoms with E-state index in [0.717, 1.165) is 19.3 Å². The van der Waals surface area contributed by atoms with Gasteiger partial charge in [0.05, 0.1) is 12.2 Å². The molecule has 0 aromatic rings. The molecule has 0 aromatic heterocycles. The maximum Gasteiger partial charge on any atom is 1.00 e. The van der Waals surface area contributed by atoms with Gasteiger partial charge in [0.15, 0.2) is 0 Å². The van der Waals surface area contributed by atoms with Crippen molar-refractivity contribution in [3.63, 3.8) is 0 Å². The fraction of sp³-hybridized carbons (Fsp3) is 1.00. The van der Waals surface area contributed by atoms with Crippen molar-refractivity contribution in [2.75, 3.05) is 11.5 Å². The molecule has 0 heterocycles. The first-order valence-electron chi connectivity index (χ1n) is 7.59. The van der Waals surface area contributed by atoms with E-state index in [9.17, 15) is 16.8 Å². The molecule has 0 rings (SSSR count). The molecule has 2 N–H and O–H groups in total. The van der Waals surface area contributed by atoms with Gasteiger partial charge in [0.2, 0.25) is 0 Å². The zero-order valence-electron chi connectivity index (χ0n) is 15.3. The fourth-order valence-corrected chi connectivity index (χ4v) is 3.69. The molecule has 0 aliphatic carbocycles. The molecule has 0 saturated carbocycles. The molecule has 0 aliphatic rings. The Morgan fingerprint density at radius 3 is 1.78 bits per heavy atom. The molecule has 23 heavy (non-hydrogen) atoms. The van der Waals surface area contributed by atoms with Crippen molar-refractivity contribution >= 4 is 20.2 Å². The van der Waals surface area contributed by atoms with E-state index in [0.29, 0.717) is 6.42 Å². The number of unbranched alkanes of at least 4 members (excludes halogenated alkanes) is 5. The van der Waals surface area contributed by atoms with Crippen molar-refractivity contribution in [2.45, 2.75) is 71.0 Å². The van der Waals surface area contributed by atoms with Crippen LogP contribution in [0, 0.1) is 0 Å². The minimum absolute atomic E-state index is 0. The Morgan fingerprint density at radius 2 is 1.35 bits per heavy atom. The molecule has 136 valence electrons. The van der Waals surface area contributed by atoms with Crippen LogP contribution in [0.3, 0.4) is 0 Å². The van der Waals surface area contributed by atoms with E-state index in [2.05, 4.69) is 6.92 Å². The molecule has 0 bridgehead atoms. The Bertz CT molecular complexity index is 462. The number of hydrogen-bond acceptors (Lipinski definition) is 5. The third-order valence-electron chi connectivity index (χ3n) is 3.18. The molecular formula is C13H29NaO7S2. The average Bonchev–Trinajstić information content (AvgIpc) is 2.29. The summed E-state index contributed by atoms with van der Waals surface area (Å²) in [6, 6.07) is 0. The van der Waals surface area contributed by atoms with E-state index in [1.165, 1.54) is 19.3 Å². The molecule has 0 aromatic carbocycles. The molecule has 7 nitrogen and oxygen atoms in total. The number of hydrogen-bond donors (Lipinski definition) is 2. The van der Waals surface area contributed by atoms with Crippen LogP contribution in [0.25, 0.3) is 0 Å². The summed E-state index contributed by atoms with van der Waals surface area (Å²) in [4.78, 5) is 0. The molecule has 1 unspecified atom stereocenters. The van der Waals surface area contributed by atoms with Crippen LogP contribution in [0.15, 0.2) is 0 Å². The smallest absolute Gasteiger partial charge is 1.00 e. The van der Waals surface area contributed by atoms with Gasteiger partial charge in [-0.15, -0.1) is 0 Å². The van der Waals surface area contributed by atoms with E-state index in [4.69, 9.17) is 13.8 Å². The largest absolute Gasteiger partial charge is 1.00 e. The summed E-state index contributed by atoms with van der Waals surface area (Å²) in [7, 11) is -8.75. The van der Waals surface area contributed by atoms with Crippen molar-refractivity contribution in [1.29, 1.82) is 0 Å². The third kappa shape index (κ3) is 19.0. The summed E-state index contributed by atoms with van der Waals surface area (Å²) in [5.74, 6) is -1.71. The Hall–Kier alpha value is 0.780. The van der Waals surface area contributed by atoms with Crippen molar-refractivity contribution in [3.05, 3.63) is 0 Å². The van der Waals surface area contributed by atoms with Gasteiger partial charge in [-0.2, -0.15) is 16.8 Å². The van der Waals surface area contributed by atoms with E-state index < -0.39 is 37.8 Å². The molecular weight excluding hydrogens is 355 g/mol. The molecule has 0 spiro atoms. The van der Waals surface area contributed by atoms with Gasteiger partial charge in [0, 0.05) is 0 Å². The molecule has 0 fully saturated rings. The quantitative estimate of drug-likeness (QED) is 0.247. The zero-order chi connectivity index (χ0) is 17.2. The standard InChI is InChI=1S/C13H28O7S2.Na.H/c1-3-4-5-6-7-8-9-12(2)20-13(10-21(14,15)16)11-22(17,18)19;;/h12-13H,3-11H2,1-2H3,(H,14,15,16)(H,17,18,19);;/q;+1;-1. The molecule has 1 atom stereocenters. The Labute approximate surface area is 163 Å². The SMILES string of the molecule is CCCCCCCCC(C)OC(CS(=O)(=O)O)CS(=O)(=O)O.[H-].[Na+]. The van der Waals surface area contributed by atoms with Gasteiger partial charge in [-0.25, -0.2) is 0 Å². The monoisotopic (exact) mass is 384 g/mol. The van der Waals surface area contributed by atoms with Crippen LogP contribution in [0.2, 0.25) is 0 Å². The summed E-state index contributed by atoms with van der Waals surface area (Å²) in [6.07, 6.45) is 5.66. The molecule has 10 heteroatoms. The second-order valence-corrected chi connectivity index (χ2v) is 8.62. The van der Waals surface area contributed by atoms with Crippen LogP contribution in [0.1, 0.15) is 60.2 Å². The Balaban J connectivity index is -0.00000220. The van der Waals surface area contributed by atoms with Gasteiger partial charge in [-0.1, -0.05) is 45.4 Å². The second-order valence-electron chi connectivity index (χ2n) is 5.62. The summed E-state index contributed by atoms with van der Waals surface area (Å²) < 4.78 is 66.4. The van der Waals surface area contributed by atoms with Gasteiger partial charge in [-0.3, -0.25) is 9.11 Å². The van der Waals surface area contributed by atoms with Crippen LogP contribution in [0.5, 0.6) is 0 Å². The predicted octanol–water partition coefficient (Wildman–Crippen LogP) is -0.597. The van der Waals surface area contributed by atoms with Crippen molar-refractivity contribution in [1.82, 2.24) is 0 Å². The molecule has 0 amide bonds. The fourth-order valence-electron chi connectivity index (χ4n) is 2.21. The van der Waals surface area contributed by atoms with Gasteiger partial charge < -0.3 is 6.16 Å². The van der Waals surface area contributed by atoms with Gasteiger partial charge in [-0.05, 0) is 13.3 Å². The van der Waals surface area contributed by atoms with Crippen LogP contribution in [0.4, 0.5) is 0 Å². The summed E-state index contributed by atoms with van der Waals surface area (Å²) in [6.45, 7) is 3.85. The van der Waals surface area contributed by atoms with E-state index >= 15 is 0 Å². The van der Waals surface area contributed by atoms with Crippen LogP contribution >= 0.6 is 0 Å². The summed E-state index contributed by atoms with van der Waals surface area (Å²) in [5, 5.41) is 0. The Morgan fingerprint density at radius 1 is 0.913 bits per heavy atom. The van der Waals surface area contributed by atoms with Crippen LogP contribution < -0.4 is 29.6 Å². The van der Waals surface area contributed by atoms with Crippen molar-refractivity contribution in [3.8, 4) is 0 Å². The summed E-state index contributed by atoms with van der Waals surface area (Å²) >= 11 is 0. The van der Waals surface area contributed by atoms with Crippen LogP contribution in [-0.4, -0.2) is 49.7 Å². The normalized spacial score (nSPS) is 13.8. The molecule has 0 aliphatic heterocycles. The van der Waals surface area contributed by atoms with E-state index in [-0.39, 0.29) is 37.1 Å². The van der Waals surface area contributed by atoms with Crippen LogP contribution in [-0.2, 0) is 25.0 Å². The third-order valence-corrected chi connectivity index (χ3v) is 4.77. The minimum Gasteiger partial charge on any atom is -1.00 e.